The Morgan fingerprint density at radius 2 is 2.00 bits per heavy atom. The Labute approximate surface area is 121 Å². The molecule has 1 heterocycles. The van der Waals surface area contributed by atoms with Gasteiger partial charge < -0.3 is 4.90 Å². The molecule has 1 amide bonds. The second kappa shape index (κ2) is 5.57. The predicted octanol–water partition coefficient (Wildman–Crippen LogP) is 2.76. The van der Waals surface area contributed by atoms with Crippen LogP contribution in [0.3, 0.4) is 0 Å². The monoisotopic (exact) mass is 321 g/mol. The Balaban J connectivity index is 2.11. The molecule has 0 spiro atoms. The lowest BCUT2D eigenvalue weighted by Gasteiger charge is -2.16. The van der Waals surface area contributed by atoms with E-state index in [4.69, 9.17) is 0 Å². The van der Waals surface area contributed by atoms with Crippen LogP contribution in [-0.4, -0.2) is 27.6 Å². The number of hydrogen-bond donors (Lipinski definition) is 0. The van der Waals surface area contributed by atoms with Crippen molar-refractivity contribution in [3.05, 3.63) is 51.8 Å². The van der Waals surface area contributed by atoms with Crippen LogP contribution >= 0.6 is 15.9 Å². The zero-order chi connectivity index (χ0) is 14.0. The van der Waals surface area contributed by atoms with E-state index in [0.29, 0.717) is 12.1 Å². The fourth-order valence-corrected chi connectivity index (χ4v) is 2.22. The van der Waals surface area contributed by atoms with Crippen LogP contribution in [0.5, 0.6) is 0 Å². The molecule has 5 heteroatoms. The molecule has 2 aromatic rings. The van der Waals surface area contributed by atoms with Gasteiger partial charge in [0, 0.05) is 31.3 Å². The SMILES string of the molecule is Cc1nn(C)cc1C(=O)N(C)Cc1ccc(Br)cc1. The Kier molecular flexibility index (Phi) is 4.04. The van der Waals surface area contributed by atoms with Crippen molar-refractivity contribution in [3.63, 3.8) is 0 Å². The molecule has 0 unspecified atom stereocenters. The Bertz CT molecular complexity index is 589. The number of benzene rings is 1. The lowest BCUT2D eigenvalue weighted by atomic mass is 10.2. The van der Waals surface area contributed by atoms with Crippen molar-refractivity contribution >= 4 is 21.8 Å². The van der Waals surface area contributed by atoms with Gasteiger partial charge in [-0.1, -0.05) is 28.1 Å². The van der Waals surface area contributed by atoms with E-state index in [-0.39, 0.29) is 5.91 Å². The topological polar surface area (TPSA) is 38.1 Å². The van der Waals surface area contributed by atoms with Crippen LogP contribution in [0.4, 0.5) is 0 Å². The summed E-state index contributed by atoms with van der Waals surface area (Å²) in [4.78, 5) is 14.0. The molecule has 0 radical (unpaired) electrons. The van der Waals surface area contributed by atoms with Gasteiger partial charge >= 0.3 is 0 Å². The highest BCUT2D eigenvalue weighted by Crippen LogP contribution is 2.14. The maximum atomic E-state index is 12.3. The van der Waals surface area contributed by atoms with Gasteiger partial charge in [-0.15, -0.1) is 0 Å². The lowest BCUT2D eigenvalue weighted by molar-refractivity contribution is 0.0784. The first-order chi connectivity index (χ1) is 8.97. The third-order valence-electron chi connectivity index (χ3n) is 2.92. The number of aromatic nitrogens is 2. The molecule has 100 valence electrons. The first kappa shape index (κ1) is 13.8. The highest BCUT2D eigenvalue weighted by Gasteiger charge is 2.16. The number of carbonyl (C=O) groups is 1. The van der Waals surface area contributed by atoms with Crippen LogP contribution in [0.2, 0.25) is 0 Å². The largest absolute Gasteiger partial charge is 0.337 e. The maximum absolute atomic E-state index is 12.3. The molecule has 0 fully saturated rings. The molecule has 2 rings (SSSR count). The summed E-state index contributed by atoms with van der Waals surface area (Å²) in [5.74, 6) is -0.00600. The van der Waals surface area contributed by atoms with Gasteiger partial charge in [0.2, 0.25) is 0 Å². The molecule has 0 aliphatic rings. The normalized spacial score (nSPS) is 10.5. The molecule has 0 atom stereocenters. The van der Waals surface area contributed by atoms with Gasteiger partial charge in [-0.3, -0.25) is 9.48 Å². The van der Waals surface area contributed by atoms with Crippen molar-refractivity contribution in [2.24, 2.45) is 7.05 Å². The first-order valence-corrected chi connectivity index (χ1v) is 6.77. The van der Waals surface area contributed by atoms with Crippen LogP contribution in [0, 0.1) is 6.92 Å². The van der Waals surface area contributed by atoms with E-state index >= 15 is 0 Å². The quantitative estimate of drug-likeness (QED) is 0.871. The Hall–Kier alpha value is -1.62. The minimum atomic E-state index is -0.00600. The summed E-state index contributed by atoms with van der Waals surface area (Å²) in [6.45, 7) is 2.43. The zero-order valence-corrected chi connectivity index (χ0v) is 12.8. The van der Waals surface area contributed by atoms with E-state index in [2.05, 4.69) is 21.0 Å². The van der Waals surface area contributed by atoms with E-state index in [9.17, 15) is 4.79 Å². The summed E-state index contributed by atoms with van der Waals surface area (Å²) in [5.41, 5.74) is 2.51. The van der Waals surface area contributed by atoms with Crippen molar-refractivity contribution in [1.82, 2.24) is 14.7 Å². The van der Waals surface area contributed by atoms with Gasteiger partial charge in [0.05, 0.1) is 11.3 Å². The summed E-state index contributed by atoms with van der Waals surface area (Å²) in [6.07, 6.45) is 1.76. The number of carbonyl (C=O) groups excluding carboxylic acids is 1. The maximum Gasteiger partial charge on any atom is 0.257 e. The number of hydrogen-bond acceptors (Lipinski definition) is 2. The smallest absolute Gasteiger partial charge is 0.257 e. The van der Waals surface area contributed by atoms with E-state index < -0.39 is 0 Å². The molecule has 0 bridgehead atoms. The zero-order valence-electron chi connectivity index (χ0n) is 11.2. The summed E-state index contributed by atoms with van der Waals surface area (Å²) in [7, 11) is 3.62. The van der Waals surface area contributed by atoms with Gasteiger partial charge in [0.25, 0.3) is 5.91 Å². The standard InChI is InChI=1S/C14H16BrN3O/c1-10-13(9-18(3)16-10)14(19)17(2)8-11-4-6-12(15)7-5-11/h4-7,9H,8H2,1-3H3. The van der Waals surface area contributed by atoms with Crippen LogP contribution in [0.15, 0.2) is 34.9 Å². The molecule has 0 aliphatic carbocycles. The van der Waals surface area contributed by atoms with Crippen molar-refractivity contribution in [2.45, 2.75) is 13.5 Å². The average Bonchev–Trinajstić information content (AvgIpc) is 2.70. The van der Waals surface area contributed by atoms with Gasteiger partial charge in [-0.25, -0.2) is 0 Å². The number of rotatable bonds is 3. The van der Waals surface area contributed by atoms with E-state index in [1.54, 1.807) is 22.8 Å². The second-order valence-corrected chi connectivity index (χ2v) is 5.51. The average molecular weight is 322 g/mol. The Morgan fingerprint density at radius 1 is 1.37 bits per heavy atom. The molecule has 0 saturated carbocycles. The summed E-state index contributed by atoms with van der Waals surface area (Å²) < 4.78 is 2.70. The number of nitrogens with zero attached hydrogens (tertiary/aromatic N) is 3. The molecular formula is C14H16BrN3O. The summed E-state index contributed by atoms with van der Waals surface area (Å²) in [6, 6.07) is 7.96. The molecule has 0 saturated heterocycles. The fourth-order valence-electron chi connectivity index (χ4n) is 1.95. The Morgan fingerprint density at radius 3 is 2.53 bits per heavy atom. The summed E-state index contributed by atoms with van der Waals surface area (Å²) >= 11 is 3.40. The molecule has 19 heavy (non-hydrogen) atoms. The molecule has 0 aliphatic heterocycles. The summed E-state index contributed by atoms with van der Waals surface area (Å²) in [5, 5.41) is 4.20. The molecule has 1 aromatic heterocycles. The molecule has 0 N–H and O–H groups in total. The van der Waals surface area contributed by atoms with Crippen LogP contribution in [0.25, 0.3) is 0 Å². The fraction of sp³-hybridized carbons (Fsp3) is 0.286. The van der Waals surface area contributed by atoms with Crippen LogP contribution in [0.1, 0.15) is 21.6 Å². The molecular weight excluding hydrogens is 306 g/mol. The highest BCUT2D eigenvalue weighted by atomic mass is 79.9. The van der Waals surface area contributed by atoms with Crippen LogP contribution < -0.4 is 0 Å². The van der Waals surface area contributed by atoms with E-state index in [1.165, 1.54) is 0 Å². The molecule has 1 aromatic carbocycles. The third-order valence-corrected chi connectivity index (χ3v) is 3.45. The minimum Gasteiger partial charge on any atom is -0.337 e. The van der Waals surface area contributed by atoms with Crippen molar-refractivity contribution < 1.29 is 4.79 Å². The van der Waals surface area contributed by atoms with Gasteiger partial charge in [0.15, 0.2) is 0 Å². The first-order valence-electron chi connectivity index (χ1n) is 5.97. The highest BCUT2D eigenvalue weighted by molar-refractivity contribution is 9.10. The van der Waals surface area contributed by atoms with Crippen molar-refractivity contribution in [3.8, 4) is 0 Å². The van der Waals surface area contributed by atoms with Crippen molar-refractivity contribution in [2.75, 3.05) is 7.05 Å². The number of aryl methyl sites for hydroxylation is 2. The lowest BCUT2D eigenvalue weighted by Crippen LogP contribution is -2.26. The number of halogens is 1. The predicted molar refractivity (Wildman–Crippen MR) is 77.9 cm³/mol. The second-order valence-electron chi connectivity index (χ2n) is 4.59. The minimum absolute atomic E-state index is 0.00600. The van der Waals surface area contributed by atoms with Gasteiger partial charge in [0.1, 0.15) is 0 Å². The van der Waals surface area contributed by atoms with Gasteiger partial charge in [-0.2, -0.15) is 5.10 Å². The van der Waals surface area contributed by atoms with Crippen molar-refractivity contribution in [1.29, 1.82) is 0 Å². The number of amides is 1. The molecule has 4 nitrogen and oxygen atoms in total. The van der Waals surface area contributed by atoms with Gasteiger partial charge in [-0.05, 0) is 24.6 Å². The van der Waals surface area contributed by atoms with Crippen LogP contribution in [-0.2, 0) is 13.6 Å². The van der Waals surface area contributed by atoms with E-state index in [0.717, 1.165) is 15.7 Å². The van der Waals surface area contributed by atoms with E-state index in [1.807, 2.05) is 38.2 Å². The third kappa shape index (κ3) is 3.23.